The van der Waals surface area contributed by atoms with Gasteiger partial charge in [-0.2, -0.15) is 0 Å². The third-order valence-corrected chi connectivity index (χ3v) is 1.87. The third-order valence-electron chi connectivity index (χ3n) is 1.87. The van der Waals surface area contributed by atoms with Crippen LogP contribution in [0.15, 0.2) is 24.3 Å². The lowest BCUT2D eigenvalue weighted by atomic mass is 10.2. The van der Waals surface area contributed by atoms with Crippen LogP contribution in [0.4, 0.5) is 5.69 Å². The molecule has 82 valence electrons. The molecule has 1 aromatic carbocycles. The molecular weight excluding hydrogens is 208 g/mol. The first-order chi connectivity index (χ1) is 7.65. The van der Waals surface area contributed by atoms with Gasteiger partial charge in [-0.25, -0.2) is 0 Å². The molecule has 16 heavy (non-hydrogen) atoms. The summed E-state index contributed by atoms with van der Waals surface area (Å²) in [5, 5.41) is 13.0. The number of hydrogen-bond acceptors (Lipinski definition) is 3. The zero-order valence-electron chi connectivity index (χ0n) is 8.47. The van der Waals surface area contributed by atoms with Crippen LogP contribution in [-0.4, -0.2) is 17.4 Å². The van der Waals surface area contributed by atoms with E-state index in [9.17, 15) is 14.9 Å². The minimum atomic E-state index is -0.543. The standard InChI is InChI=1S/C11H10N2O3/c1-2-3-7-12-11(14)9-5-4-6-10(8-9)13(15)16/h1,4-6,8H,3,7H2,(H,12,14). The highest BCUT2D eigenvalue weighted by Gasteiger charge is 2.10. The van der Waals surface area contributed by atoms with Gasteiger partial charge in [0.25, 0.3) is 11.6 Å². The van der Waals surface area contributed by atoms with Crippen LogP contribution in [0.2, 0.25) is 0 Å². The summed E-state index contributed by atoms with van der Waals surface area (Å²) in [6, 6.07) is 5.54. The van der Waals surface area contributed by atoms with E-state index in [1.807, 2.05) is 0 Å². The zero-order chi connectivity index (χ0) is 12.0. The van der Waals surface area contributed by atoms with Crippen LogP contribution in [0.25, 0.3) is 0 Å². The van der Waals surface area contributed by atoms with Gasteiger partial charge in [0.2, 0.25) is 0 Å². The van der Waals surface area contributed by atoms with E-state index in [0.29, 0.717) is 13.0 Å². The predicted molar refractivity (Wildman–Crippen MR) is 58.9 cm³/mol. The van der Waals surface area contributed by atoms with Gasteiger partial charge in [-0.05, 0) is 6.07 Å². The van der Waals surface area contributed by atoms with Crippen LogP contribution in [-0.2, 0) is 0 Å². The molecule has 0 aliphatic rings. The first kappa shape index (κ1) is 11.7. The number of carbonyl (C=O) groups excluding carboxylic acids is 1. The number of nitro benzene ring substituents is 1. The topological polar surface area (TPSA) is 72.2 Å². The monoisotopic (exact) mass is 218 g/mol. The van der Waals surface area contributed by atoms with Crippen LogP contribution in [0.5, 0.6) is 0 Å². The molecule has 5 nitrogen and oxygen atoms in total. The summed E-state index contributed by atoms with van der Waals surface area (Å²) in [4.78, 5) is 21.4. The van der Waals surface area contributed by atoms with E-state index < -0.39 is 4.92 Å². The normalized spacial score (nSPS) is 9.19. The third kappa shape index (κ3) is 3.10. The molecule has 0 bridgehead atoms. The maximum absolute atomic E-state index is 11.5. The Kier molecular flexibility index (Phi) is 4.04. The average Bonchev–Trinajstić information content (AvgIpc) is 2.29. The Morgan fingerprint density at radius 3 is 2.94 bits per heavy atom. The predicted octanol–water partition coefficient (Wildman–Crippen LogP) is 1.35. The summed E-state index contributed by atoms with van der Waals surface area (Å²) >= 11 is 0. The minimum Gasteiger partial charge on any atom is -0.351 e. The Morgan fingerprint density at radius 1 is 1.56 bits per heavy atom. The summed E-state index contributed by atoms with van der Waals surface area (Å²) in [6.45, 7) is 0.359. The number of nitrogens with one attached hydrogen (secondary N) is 1. The SMILES string of the molecule is C#CCCNC(=O)c1cccc([N+](=O)[O-])c1. The number of non-ortho nitro benzene ring substituents is 1. The van der Waals surface area contributed by atoms with E-state index in [0.717, 1.165) is 0 Å². The Bertz CT molecular complexity index is 449. The molecule has 0 fully saturated rings. The summed E-state index contributed by atoms with van der Waals surface area (Å²) in [7, 11) is 0. The van der Waals surface area contributed by atoms with Gasteiger partial charge in [0.15, 0.2) is 0 Å². The van der Waals surface area contributed by atoms with Gasteiger partial charge in [0, 0.05) is 30.7 Å². The molecule has 0 saturated heterocycles. The van der Waals surface area contributed by atoms with Crippen LogP contribution >= 0.6 is 0 Å². The summed E-state index contributed by atoms with van der Waals surface area (Å²) in [5.41, 5.74) is 0.149. The second-order valence-electron chi connectivity index (χ2n) is 3.02. The van der Waals surface area contributed by atoms with E-state index in [4.69, 9.17) is 6.42 Å². The largest absolute Gasteiger partial charge is 0.351 e. The van der Waals surface area contributed by atoms with Gasteiger partial charge in [-0.3, -0.25) is 14.9 Å². The van der Waals surface area contributed by atoms with Gasteiger partial charge in [-0.15, -0.1) is 12.3 Å². The van der Waals surface area contributed by atoms with Crippen molar-refractivity contribution >= 4 is 11.6 Å². The van der Waals surface area contributed by atoms with Crippen LogP contribution < -0.4 is 5.32 Å². The van der Waals surface area contributed by atoms with E-state index in [1.165, 1.54) is 24.3 Å². The van der Waals surface area contributed by atoms with Gasteiger partial charge in [0.05, 0.1) is 4.92 Å². The van der Waals surface area contributed by atoms with Gasteiger partial charge in [0.1, 0.15) is 0 Å². The first-order valence-electron chi connectivity index (χ1n) is 4.61. The second-order valence-corrected chi connectivity index (χ2v) is 3.02. The van der Waals surface area contributed by atoms with E-state index in [1.54, 1.807) is 0 Å². The van der Waals surface area contributed by atoms with Crippen molar-refractivity contribution < 1.29 is 9.72 Å². The Balaban J connectivity index is 2.73. The lowest BCUT2D eigenvalue weighted by molar-refractivity contribution is -0.384. The van der Waals surface area contributed by atoms with E-state index in [2.05, 4.69) is 11.2 Å². The van der Waals surface area contributed by atoms with Crippen molar-refractivity contribution in [1.29, 1.82) is 0 Å². The van der Waals surface area contributed by atoms with E-state index >= 15 is 0 Å². The molecule has 0 spiro atoms. The number of nitrogens with zero attached hydrogens (tertiary/aromatic N) is 1. The maximum Gasteiger partial charge on any atom is 0.270 e. The van der Waals surface area contributed by atoms with Gasteiger partial charge in [-0.1, -0.05) is 6.07 Å². The number of terminal acetylenes is 1. The fraction of sp³-hybridized carbons (Fsp3) is 0.182. The Morgan fingerprint density at radius 2 is 2.31 bits per heavy atom. The number of nitro groups is 1. The number of carbonyl (C=O) groups is 1. The van der Waals surface area contributed by atoms with Crippen LogP contribution in [0, 0.1) is 22.5 Å². The summed E-state index contributed by atoms with van der Waals surface area (Å²) in [6.07, 6.45) is 5.46. The van der Waals surface area contributed by atoms with Crippen molar-refractivity contribution in [1.82, 2.24) is 5.32 Å². The highest BCUT2D eigenvalue weighted by Crippen LogP contribution is 2.12. The second kappa shape index (κ2) is 5.51. The van der Waals surface area contributed by atoms with Crippen LogP contribution in [0.3, 0.4) is 0 Å². The molecule has 0 aliphatic heterocycles. The molecule has 5 heteroatoms. The molecule has 0 aliphatic carbocycles. The zero-order valence-corrected chi connectivity index (χ0v) is 8.47. The molecule has 1 amide bonds. The van der Waals surface area contributed by atoms with Crippen molar-refractivity contribution in [3.63, 3.8) is 0 Å². The molecule has 1 rings (SSSR count). The molecule has 1 aromatic rings. The minimum absolute atomic E-state index is 0.107. The quantitative estimate of drug-likeness (QED) is 0.359. The average molecular weight is 218 g/mol. The molecular formula is C11H10N2O3. The fourth-order valence-electron chi connectivity index (χ4n) is 1.11. The van der Waals surface area contributed by atoms with Crippen molar-refractivity contribution in [2.45, 2.75) is 6.42 Å². The summed E-state index contributed by atoms with van der Waals surface area (Å²) in [5.74, 6) is 2.02. The lowest BCUT2D eigenvalue weighted by Crippen LogP contribution is -2.24. The number of amides is 1. The number of rotatable bonds is 4. The Labute approximate surface area is 92.6 Å². The van der Waals surface area contributed by atoms with Gasteiger partial charge < -0.3 is 5.32 Å². The first-order valence-corrected chi connectivity index (χ1v) is 4.61. The highest BCUT2D eigenvalue weighted by atomic mass is 16.6. The smallest absolute Gasteiger partial charge is 0.270 e. The Hall–Kier alpha value is -2.35. The number of benzene rings is 1. The fourth-order valence-corrected chi connectivity index (χ4v) is 1.11. The molecule has 0 unspecified atom stereocenters. The summed E-state index contributed by atoms with van der Waals surface area (Å²) < 4.78 is 0. The molecule has 0 aromatic heterocycles. The molecule has 0 saturated carbocycles. The molecule has 0 radical (unpaired) electrons. The van der Waals surface area contributed by atoms with Crippen molar-refractivity contribution in [2.24, 2.45) is 0 Å². The lowest BCUT2D eigenvalue weighted by Gasteiger charge is -2.02. The maximum atomic E-state index is 11.5. The molecule has 0 atom stereocenters. The van der Waals surface area contributed by atoms with Crippen molar-refractivity contribution in [2.75, 3.05) is 6.54 Å². The van der Waals surface area contributed by atoms with Gasteiger partial charge >= 0.3 is 0 Å². The van der Waals surface area contributed by atoms with Crippen LogP contribution in [0.1, 0.15) is 16.8 Å². The van der Waals surface area contributed by atoms with Crippen molar-refractivity contribution in [3.05, 3.63) is 39.9 Å². The van der Waals surface area contributed by atoms with E-state index in [-0.39, 0.29) is 17.2 Å². The van der Waals surface area contributed by atoms with Crippen molar-refractivity contribution in [3.8, 4) is 12.3 Å². The number of hydrogen-bond donors (Lipinski definition) is 1. The molecule has 1 N–H and O–H groups in total. The highest BCUT2D eigenvalue weighted by molar-refractivity contribution is 5.94. The molecule has 0 heterocycles.